The molecule has 0 unspecified atom stereocenters. The Labute approximate surface area is 109 Å². The van der Waals surface area contributed by atoms with Crippen molar-refractivity contribution in [2.75, 3.05) is 0 Å². The first kappa shape index (κ1) is 12.7. The van der Waals surface area contributed by atoms with Crippen LogP contribution in [0, 0.1) is 13.8 Å². The molecule has 0 saturated carbocycles. The summed E-state index contributed by atoms with van der Waals surface area (Å²) in [7, 11) is 0. The number of hydrogen-bond acceptors (Lipinski definition) is 3. The van der Waals surface area contributed by atoms with Crippen LogP contribution in [0.25, 0.3) is 11.0 Å². The van der Waals surface area contributed by atoms with Crippen LogP contribution in [0.15, 0.2) is 27.9 Å². The highest BCUT2D eigenvalue weighted by Crippen LogP contribution is 2.34. The van der Waals surface area contributed by atoms with E-state index in [4.69, 9.17) is 16.0 Å². The maximum absolute atomic E-state index is 12.1. The summed E-state index contributed by atoms with van der Waals surface area (Å²) >= 11 is 5.93. The van der Waals surface area contributed by atoms with Crippen molar-refractivity contribution >= 4 is 22.6 Å². The number of aromatic hydroxyl groups is 1. The lowest BCUT2D eigenvalue weighted by Crippen LogP contribution is -2.08. The van der Waals surface area contributed by atoms with E-state index in [2.05, 4.69) is 6.58 Å². The lowest BCUT2D eigenvalue weighted by Gasteiger charge is -2.10. The minimum atomic E-state index is -0.124. The number of rotatable bonds is 2. The van der Waals surface area contributed by atoms with Crippen molar-refractivity contribution in [3.05, 3.63) is 50.9 Å². The second-order valence-electron chi connectivity index (χ2n) is 4.17. The lowest BCUT2D eigenvalue weighted by atomic mass is 10.0. The number of allylic oxidation sites excluding steroid dienone is 1. The van der Waals surface area contributed by atoms with Gasteiger partial charge in [0.2, 0.25) is 0 Å². The smallest absolute Gasteiger partial charge is 0.195 e. The molecule has 18 heavy (non-hydrogen) atoms. The summed E-state index contributed by atoms with van der Waals surface area (Å²) in [4.78, 5) is 12.1. The normalized spacial score (nSPS) is 10.8. The molecule has 0 amide bonds. The largest absolute Gasteiger partial charge is 0.506 e. The van der Waals surface area contributed by atoms with E-state index >= 15 is 0 Å². The summed E-state index contributed by atoms with van der Waals surface area (Å²) < 4.78 is 5.63. The first-order chi connectivity index (χ1) is 8.47. The van der Waals surface area contributed by atoms with Crippen LogP contribution in [0.5, 0.6) is 5.75 Å². The Morgan fingerprint density at radius 1 is 1.50 bits per heavy atom. The highest BCUT2D eigenvalue weighted by Gasteiger charge is 2.16. The Hall–Kier alpha value is -1.74. The summed E-state index contributed by atoms with van der Waals surface area (Å²) in [5.41, 5.74) is 1.30. The van der Waals surface area contributed by atoms with Gasteiger partial charge in [0.1, 0.15) is 17.1 Å². The molecule has 0 atom stereocenters. The maximum Gasteiger partial charge on any atom is 0.195 e. The Morgan fingerprint density at radius 3 is 2.78 bits per heavy atom. The van der Waals surface area contributed by atoms with E-state index in [0.29, 0.717) is 34.3 Å². The molecule has 0 saturated heterocycles. The van der Waals surface area contributed by atoms with Gasteiger partial charge in [-0.2, -0.15) is 0 Å². The molecular weight excluding hydrogens is 252 g/mol. The summed E-state index contributed by atoms with van der Waals surface area (Å²) in [6.07, 6.45) is 2.01. The van der Waals surface area contributed by atoms with Crippen molar-refractivity contribution in [3.63, 3.8) is 0 Å². The molecule has 0 aliphatic heterocycles. The van der Waals surface area contributed by atoms with Crippen molar-refractivity contribution in [3.8, 4) is 5.75 Å². The molecule has 94 valence electrons. The number of fused-ring (bicyclic) bond motifs is 1. The molecule has 1 heterocycles. The van der Waals surface area contributed by atoms with Gasteiger partial charge in [-0.3, -0.25) is 4.79 Å². The van der Waals surface area contributed by atoms with E-state index in [9.17, 15) is 9.90 Å². The molecular formula is C14H13ClO3. The monoisotopic (exact) mass is 264 g/mol. The fraction of sp³-hybridized carbons (Fsp3) is 0.214. The van der Waals surface area contributed by atoms with Crippen LogP contribution in [-0.4, -0.2) is 5.11 Å². The molecule has 0 bridgehead atoms. The Morgan fingerprint density at radius 2 is 2.17 bits per heavy atom. The summed E-state index contributed by atoms with van der Waals surface area (Å²) in [6.45, 7) is 7.05. The molecule has 4 heteroatoms. The van der Waals surface area contributed by atoms with Gasteiger partial charge in [-0.1, -0.05) is 17.7 Å². The molecule has 0 fully saturated rings. The highest BCUT2D eigenvalue weighted by atomic mass is 35.5. The number of halogens is 1. The zero-order valence-electron chi connectivity index (χ0n) is 10.2. The fourth-order valence-corrected chi connectivity index (χ4v) is 2.11. The fourth-order valence-electron chi connectivity index (χ4n) is 1.89. The van der Waals surface area contributed by atoms with Crippen molar-refractivity contribution < 1.29 is 9.52 Å². The maximum atomic E-state index is 12.1. The summed E-state index contributed by atoms with van der Waals surface area (Å²) in [5.74, 6) is 0.481. The Kier molecular flexibility index (Phi) is 3.18. The van der Waals surface area contributed by atoms with Gasteiger partial charge in [-0.15, -0.1) is 6.58 Å². The topological polar surface area (TPSA) is 50.4 Å². The van der Waals surface area contributed by atoms with Crippen LogP contribution >= 0.6 is 11.6 Å². The minimum absolute atomic E-state index is 0.0598. The standard InChI is InChI=1S/C14H13ClO3/c1-4-5-9-13(17)11(15)6-10-12(16)7(2)8(3)18-14(9)10/h4,6,17H,1,5H2,2-3H3. The lowest BCUT2D eigenvalue weighted by molar-refractivity contribution is 0.467. The first-order valence-corrected chi connectivity index (χ1v) is 5.90. The summed E-state index contributed by atoms with van der Waals surface area (Å²) in [5, 5.41) is 10.5. The Bertz CT molecular complexity index is 698. The Balaban J connectivity index is 3.01. The van der Waals surface area contributed by atoms with Gasteiger partial charge in [0, 0.05) is 11.1 Å². The molecule has 0 aliphatic carbocycles. The highest BCUT2D eigenvalue weighted by molar-refractivity contribution is 6.33. The number of phenolic OH excluding ortho intramolecular Hbond substituents is 1. The number of phenols is 1. The molecule has 1 N–H and O–H groups in total. The predicted octanol–water partition coefficient (Wildman–Crippen LogP) is 3.50. The number of hydrogen-bond donors (Lipinski definition) is 1. The van der Waals surface area contributed by atoms with Gasteiger partial charge in [-0.05, 0) is 26.3 Å². The minimum Gasteiger partial charge on any atom is -0.506 e. The molecule has 0 spiro atoms. The quantitative estimate of drug-likeness (QED) is 0.845. The third-order valence-corrected chi connectivity index (χ3v) is 3.31. The summed E-state index contributed by atoms with van der Waals surface area (Å²) in [6, 6.07) is 1.44. The van der Waals surface area contributed by atoms with Crippen LogP contribution in [0.3, 0.4) is 0 Å². The van der Waals surface area contributed by atoms with Crippen LogP contribution in [-0.2, 0) is 6.42 Å². The van der Waals surface area contributed by atoms with Gasteiger partial charge in [0.05, 0.1) is 10.4 Å². The molecule has 3 nitrogen and oxygen atoms in total. The van der Waals surface area contributed by atoms with Crippen LogP contribution in [0.1, 0.15) is 16.9 Å². The van der Waals surface area contributed by atoms with Crippen LogP contribution in [0.4, 0.5) is 0 Å². The van der Waals surface area contributed by atoms with E-state index in [-0.39, 0.29) is 16.2 Å². The average Bonchev–Trinajstić information content (AvgIpc) is 2.34. The molecule has 1 aromatic heterocycles. The zero-order valence-corrected chi connectivity index (χ0v) is 11.0. The van der Waals surface area contributed by atoms with Gasteiger partial charge in [-0.25, -0.2) is 0 Å². The van der Waals surface area contributed by atoms with Crippen molar-refractivity contribution in [1.29, 1.82) is 0 Å². The van der Waals surface area contributed by atoms with Crippen molar-refractivity contribution in [2.24, 2.45) is 0 Å². The second-order valence-corrected chi connectivity index (χ2v) is 4.57. The predicted molar refractivity (Wildman–Crippen MR) is 72.5 cm³/mol. The van der Waals surface area contributed by atoms with E-state index in [1.54, 1.807) is 19.9 Å². The van der Waals surface area contributed by atoms with Gasteiger partial charge in [0.15, 0.2) is 5.43 Å². The molecule has 0 aliphatic rings. The SMILES string of the molecule is C=CCc1c(O)c(Cl)cc2c(=O)c(C)c(C)oc12. The third-order valence-electron chi connectivity index (χ3n) is 3.02. The van der Waals surface area contributed by atoms with Crippen molar-refractivity contribution in [2.45, 2.75) is 20.3 Å². The van der Waals surface area contributed by atoms with Gasteiger partial charge >= 0.3 is 0 Å². The van der Waals surface area contributed by atoms with E-state index in [1.807, 2.05) is 0 Å². The van der Waals surface area contributed by atoms with Crippen LogP contribution < -0.4 is 5.43 Å². The third kappa shape index (κ3) is 1.81. The van der Waals surface area contributed by atoms with E-state index in [1.165, 1.54) is 6.07 Å². The molecule has 2 rings (SSSR count). The first-order valence-electron chi connectivity index (χ1n) is 5.52. The second kappa shape index (κ2) is 4.50. The van der Waals surface area contributed by atoms with Gasteiger partial charge < -0.3 is 9.52 Å². The molecule has 1 aromatic carbocycles. The van der Waals surface area contributed by atoms with Gasteiger partial charge in [0.25, 0.3) is 0 Å². The molecule has 2 aromatic rings. The molecule has 0 radical (unpaired) electrons. The van der Waals surface area contributed by atoms with E-state index < -0.39 is 0 Å². The average molecular weight is 265 g/mol. The van der Waals surface area contributed by atoms with Crippen LogP contribution in [0.2, 0.25) is 5.02 Å². The number of benzene rings is 1. The number of aryl methyl sites for hydroxylation is 1. The zero-order chi connectivity index (χ0) is 13.4. The van der Waals surface area contributed by atoms with E-state index in [0.717, 1.165) is 0 Å². The van der Waals surface area contributed by atoms with Crippen molar-refractivity contribution in [1.82, 2.24) is 0 Å².